The van der Waals surface area contributed by atoms with Crippen LogP contribution in [0, 0.1) is 17.2 Å². The topological polar surface area (TPSA) is 197 Å². The number of anilines is 1. The summed E-state index contributed by atoms with van der Waals surface area (Å²) < 4.78 is 32.7. The van der Waals surface area contributed by atoms with Crippen LogP contribution < -0.4 is 15.3 Å². The number of nitriles is 1. The molecule has 3 aromatic rings. The fourth-order valence-electron chi connectivity index (χ4n) is 4.99. The molecule has 6 atom stereocenters. The number of benzene rings is 1. The first kappa shape index (κ1) is 30.9. The lowest BCUT2D eigenvalue weighted by Gasteiger charge is -2.27. The zero-order valence-electron chi connectivity index (χ0n) is 23.0. The van der Waals surface area contributed by atoms with Crippen LogP contribution in [-0.2, 0) is 19.4 Å². The molecule has 1 aromatic carbocycles. The van der Waals surface area contributed by atoms with Gasteiger partial charge in [0.1, 0.15) is 42.0 Å². The molecule has 1 aliphatic rings. The summed E-state index contributed by atoms with van der Waals surface area (Å²) in [6.45, 7) is 3.38. The van der Waals surface area contributed by atoms with Gasteiger partial charge in [0.2, 0.25) is 5.60 Å². The normalized spacial score (nSPS) is 24.8. The molecule has 13 nitrogen and oxygen atoms in total. The van der Waals surface area contributed by atoms with Gasteiger partial charge in [-0.2, -0.15) is 10.4 Å². The van der Waals surface area contributed by atoms with Gasteiger partial charge in [-0.3, -0.25) is 4.52 Å². The number of fused-ring (bicyclic) bond motifs is 1. The first-order valence-electron chi connectivity index (χ1n) is 13.6. The average Bonchev–Trinajstić information content (AvgIpc) is 3.53. The quantitative estimate of drug-likeness (QED) is 0.173. The minimum atomic E-state index is -4.15. The van der Waals surface area contributed by atoms with Crippen LogP contribution in [0.25, 0.3) is 5.52 Å². The summed E-state index contributed by atoms with van der Waals surface area (Å²) >= 11 is 0. The van der Waals surface area contributed by atoms with E-state index >= 15 is 0 Å². The second-order valence-corrected chi connectivity index (χ2v) is 11.8. The Hall–Kier alpha value is -3.08. The Morgan fingerprint density at radius 1 is 1.22 bits per heavy atom. The molecule has 4 rings (SSSR count). The number of ether oxygens (including phenoxy) is 1. The number of rotatable bonds is 14. The number of para-hydroxylation sites is 1. The third-order valence-corrected chi connectivity index (χ3v) is 9.12. The molecular weight excluding hydrogens is 551 g/mol. The molecule has 1 fully saturated rings. The molecule has 2 aromatic heterocycles. The van der Waals surface area contributed by atoms with Gasteiger partial charge >= 0.3 is 7.75 Å². The van der Waals surface area contributed by atoms with Crippen LogP contribution in [0.15, 0.2) is 48.8 Å². The van der Waals surface area contributed by atoms with Gasteiger partial charge in [0, 0.05) is 6.04 Å². The molecule has 1 saturated heterocycles. The van der Waals surface area contributed by atoms with Crippen molar-refractivity contribution in [3.05, 3.63) is 54.5 Å². The van der Waals surface area contributed by atoms with Gasteiger partial charge in [-0.05, 0) is 43.0 Å². The van der Waals surface area contributed by atoms with Crippen molar-refractivity contribution in [1.82, 2.24) is 19.7 Å². The van der Waals surface area contributed by atoms with Crippen LogP contribution in [-0.4, -0.2) is 67.5 Å². The molecule has 41 heavy (non-hydrogen) atoms. The Balaban J connectivity index is 1.55. The first-order chi connectivity index (χ1) is 19.7. The molecule has 6 N–H and O–H groups in total. The summed E-state index contributed by atoms with van der Waals surface area (Å²) in [5.41, 5.74) is 4.38. The lowest BCUT2D eigenvalue weighted by Crippen LogP contribution is -2.41. The van der Waals surface area contributed by atoms with E-state index in [4.69, 9.17) is 19.5 Å². The van der Waals surface area contributed by atoms with Gasteiger partial charge in [-0.1, -0.05) is 44.9 Å². The van der Waals surface area contributed by atoms with Gasteiger partial charge in [-0.25, -0.2) is 19.2 Å². The Kier molecular flexibility index (Phi) is 9.99. The molecule has 3 heterocycles. The predicted molar refractivity (Wildman–Crippen MR) is 150 cm³/mol. The second kappa shape index (κ2) is 13.3. The molecule has 222 valence electrons. The zero-order valence-corrected chi connectivity index (χ0v) is 23.9. The van der Waals surface area contributed by atoms with E-state index < -0.39 is 44.3 Å². The Bertz CT molecular complexity index is 1380. The highest BCUT2D eigenvalue weighted by atomic mass is 31.2. The van der Waals surface area contributed by atoms with Crippen LogP contribution in [0.5, 0.6) is 5.75 Å². The number of nitrogen functional groups attached to an aromatic ring is 1. The van der Waals surface area contributed by atoms with Gasteiger partial charge in [0.15, 0.2) is 5.82 Å². The van der Waals surface area contributed by atoms with Crippen molar-refractivity contribution in [2.24, 2.45) is 5.92 Å². The third-order valence-electron chi connectivity index (χ3n) is 7.50. The van der Waals surface area contributed by atoms with E-state index in [-0.39, 0.29) is 23.9 Å². The van der Waals surface area contributed by atoms with Crippen LogP contribution >= 0.6 is 7.75 Å². The van der Waals surface area contributed by atoms with E-state index in [1.165, 1.54) is 16.9 Å². The summed E-state index contributed by atoms with van der Waals surface area (Å²) in [5.74, 6) is 0.866. The molecule has 0 radical (unpaired) electrons. The van der Waals surface area contributed by atoms with Crippen molar-refractivity contribution in [3.63, 3.8) is 0 Å². The van der Waals surface area contributed by atoms with Crippen molar-refractivity contribution in [1.29, 1.82) is 5.26 Å². The van der Waals surface area contributed by atoms with E-state index in [2.05, 4.69) is 29.0 Å². The lowest BCUT2D eigenvalue weighted by atomic mass is 9.92. The number of nitrogens with one attached hydrogen (secondary N) is 1. The molecule has 0 bridgehead atoms. The predicted octanol–water partition coefficient (Wildman–Crippen LogP) is 2.52. The zero-order chi connectivity index (χ0) is 29.6. The summed E-state index contributed by atoms with van der Waals surface area (Å²) in [4.78, 5) is 3.92. The summed E-state index contributed by atoms with van der Waals surface area (Å²) in [5, 5.41) is 49.0. The highest BCUT2D eigenvalue weighted by Gasteiger charge is 2.58. The van der Waals surface area contributed by atoms with Crippen molar-refractivity contribution in [3.8, 4) is 11.8 Å². The molecule has 0 aliphatic carbocycles. The number of nitrogens with zero attached hydrogens (tertiary/aromatic N) is 4. The van der Waals surface area contributed by atoms with Crippen molar-refractivity contribution in [2.75, 3.05) is 18.9 Å². The van der Waals surface area contributed by atoms with E-state index in [1.807, 2.05) is 6.07 Å². The molecule has 0 amide bonds. The van der Waals surface area contributed by atoms with Gasteiger partial charge in [0.05, 0.1) is 18.9 Å². The van der Waals surface area contributed by atoms with E-state index in [9.17, 15) is 25.1 Å². The fourth-order valence-corrected chi connectivity index (χ4v) is 6.57. The third kappa shape index (κ3) is 6.55. The second-order valence-electron chi connectivity index (χ2n) is 10.1. The highest BCUT2D eigenvalue weighted by molar-refractivity contribution is 7.52. The lowest BCUT2D eigenvalue weighted by molar-refractivity contribution is -0.0621. The van der Waals surface area contributed by atoms with Crippen molar-refractivity contribution in [2.45, 2.75) is 69.5 Å². The molecule has 14 heteroatoms. The number of hydrogen-bond acceptors (Lipinski definition) is 11. The standard InChI is InChI=1S/C27H37N6O7P/c1-3-18(4-2)10-11-19(14-34)32-41(37,40-20-8-6-5-7-9-20)38-15-22-24(35)25(36)27(16-28,39-22)23-13-12-21-26(29)30-17-31-33(21)23/h5-9,12-13,17-19,22,24-25,34-36H,3-4,10-11,14-15H2,1-2H3,(H,32,37)(H2,29,30,31)/t19-,22+,24+,25+,27-,41-/m0/s1. The Morgan fingerprint density at radius 2 is 1.95 bits per heavy atom. The summed E-state index contributed by atoms with van der Waals surface area (Å²) in [7, 11) is -4.15. The van der Waals surface area contributed by atoms with Crippen LogP contribution in [0.1, 0.15) is 45.2 Å². The maximum atomic E-state index is 14.0. The molecular formula is C27H37N6O7P. The number of aromatic nitrogens is 3. The minimum absolute atomic E-state index is 0.127. The average molecular weight is 589 g/mol. The maximum Gasteiger partial charge on any atom is 0.459 e. The Morgan fingerprint density at radius 3 is 2.61 bits per heavy atom. The van der Waals surface area contributed by atoms with Gasteiger partial charge in [-0.15, -0.1) is 0 Å². The maximum absolute atomic E-state index is 14.0. The largest absolute Gasteiger partial charge is 0.459 e. The monoisotopic (exact) mass is 588 g/mol. The Labute approximate surface area is 238 Å². The van der Waals surface area contributed by atoms with Crippen LogP contribution in [0.2, 0.25) is 0 Å². The van der Waals surface area contributed by atoms with Gasteiger partial charge < -0.3 is 30.3 Å². The smallest absolute Gasteiger partial charge is 0.413 e. The summed E-state index contributed by atoms with van der Waals surface area (Å²) in [6.07, 6.45) is -0.0789. The van der Waals surface area contributed by atoms with Crippen molar-refractivity contribution < 1.29 is 33.7 Å². The SMILES string of the molecule is CCC(CC)CC[C@@H](CO)N[P@](=O)(OC[C@H]1O[C@@](C#N)(c2ccc3c(N)ncnn23)[C@H](O)[C@@H]1O)Oc1ccccc1. The van der Waals surface area contributed by atoms with Crippen LogP contribution in [0.3, 0.4) is 0 Å². The molecule has 0 spiro atoms. The van der Waals surface area contributed by atoms with E-state index in [1.54, 1.807) is 36.4 Å². The number of aliphatic hydroxyl groups is 3. The molecule has 0 unspecified atom stereocenters. The molecule has 1 aliphatic heterocycles. The first-order valence-corrected chi connectivity index (χ1v) is 15.2. The minimum Gasteiger partial charge on any atom is -0.413 e. The van der Waals surface area contributed by atoms with Gasteiger partial charge in [0.25, 0.3) is 0 Å². The number of hydrogen-bond donors (Lipinski definition) is 5. The van der Waals surface area contributed by atoms with E-state index in [0.29, 0.717) is 17.9 Å². The number of nitrogens with two attached hydrogens (primary N) is 1. The number of aliphatic hydroxyl groups excluding tert-OH is 3. The fraction of sp³-hybridized carbons (Fsp3) is 0.519. The van der Waals surface area contributed by atoms with Crippen molar-refractivity contribution >= 4 is 19.1 Å². The van der Waals surface area contributed by atoms with E-state index in [0.717, 1.165) is 19.3 Å². The summed E-state index contributed by atoms with van der Waals surface area (Å²) in [6, 6.07) is 12.8. The molecule has 0 saturated carbocycles. The van der Waals surface area contributed by atoms with Crippen LogP contribution in [0.4, 0.5) is 5.82 Å². The highest BCUT2D eigenvalue weighted by Crippen LogP contribution is 2.47.